The van der Waals surface area contributed by atoms with Crippen molar-refractivity contribution in [2.45, 2.75) is 43.2 Å². The molecule has 2 bridgehead atoms. The van der Waals surface area contributed by atoms with Crippen molar-refractivity contribution in [2.75, 3.05) is 33.6 Å². The van der Waals surface area contributed by atoms with Crippen LogP contribution < -0.4 is 4.74 Å². The van der Waals surface area contributed by atoms with Crippen LogP contribution in [-0.2, 0) is 30.9 Å². The molecule has 168 valence electrons. The van der Waals surface area contributed by atoms with E-state index in [2.05, 4.69) is 23.1 Å². The van der Waals surface area contributed by atoms with Crippen molar-refractivity contribution in [1.29, 1.82) is 0 Å². The molecule has 2 aliphatic heterocycles. The number of methoxy groups -OCH3 is 1. The second-order valence-electron chi connectivity index (χ2n) is 8.70. The number of carbonyl (C=O) groups is 2. The number of carboxylic acids is 2. The number of rotatable bonds is 5. The van der Waals surface area contributed by atoms with Gasteiger partial charge >= 0.3 is 11.9 Å². The molecule has 2 heterocycles. The largest absolute Gasteiger partial charge is 0.497 e. The van der Waals surface area contributed by atoms with E-state index >= 15 is 0 Å². The number of nitrogens with zero attached hydrogens (tertiary/aromatic N) is 1. The number of likely N-dealkylation sites (tertiary alicyclic amines) is 1. The summed E-state index contributed by atoms with van der Waals surface area (Å²) in [5.74, 6) is -0.638. The number of hydrogen-bond donors (Lipinski definition) is 2. The van der Waals surface area contributed by atoms with Crippen LogP contribution in [0, 0.1) is 5.92 Å². The van der Waals surface area contributed by atoms with Gasteiger partial charge in [0.15, 0.2) is 0 Å². The van der Waals surface area contributed by atoms with Gasteiger partial charge in [-0.25, -0.2) is 9.59 Å². The van der Waals surface area contributed by atoms with Crippen molar-refractivity contribution in [3.63, 3.8) is 0 Å². The first-order chi connectivity index (χ1) is 14.9. The maximum Gasteiger partial charge on any atom is 0.328 e. The van der Waals surface area contributed by atoms with Gasteiger partial charge in [-0.3, -0.25) is 4.90 Å². The lowest BCUT2D eigenvalue weighted by Crippen LogP contribution is -2.67. The summed E-state index contributed by atoms with van der Waals surface area (Å²) in [4.78, 5) is 21.8. The molecule has 0 amide bonds. The van der Waals surface area contributed by atoms with E-state index in [4.69, 9.17) is 24.4 Å². The monoisotopic (exact) mass is 431 g/mol. The summed E-state index contributed by atoms with van der Waals surface area (Å²) in [7, 11) is 1.74. The highest BCUT2D eigenvalue weighted by atomic mass is 16.7. The van der Waals surface area contributed by atoms with Gasteiger partial charge in [-0.15, -0.1) is 0 Å². The number of aliphatic carboxylic acids is 2. The topological polar surface area (TPSA) is 106 Å². The van der Waals surface area contributed by atoms with E-state index in [0.717, 1.165) is 31.1 Å². The molecule has 4 aliphatic rings. The Kier molecular flexibility index (Phi) is 6.31. The number of carboxylic acid groups (broad SMARTS) is 2. The van der Waals surface area contributed by atoms with E-state index in [1.807, 2.05) is 0 Å². The quantitative estimate of drug-likeness (QED) is 0.683. The molecule has 8 nitrogen and oxygen atoms in total. The van der Waals surface area contributed by atoms with Gasteiger partial charge in [-0.1, -0.05) is 6.07 Å². The molecule has 8 heteroatoms. The Morgan fingerprint density at radius 2 is 2.00 bits per heavy atom. The minimum absolute atomic E-state index is 0.0189. The summed E-state index contributed by atoms with van der Waals surface area (Å²) in [6.45, 7) is 3.65. The highest BCUT2D eigenvalue weighted by Gasteiger charge is 2.56. The first-order valence-electron chi connectivity index (χ1n) is 10.7. The lowest BCUT2D eigenvalue weighted by molar-refractivity contribution is -0.222. The van der Waals surface area contributed by atoms with Crippen LogP contribution in [0.1, 0.15) is 30.4 Å². The van der Waals surface area contributed by atoms with Gasteiger partial charge in [0.1, 0.15) is 12.5 Å². The maximum atomic E-state index is 9.55. The lowest BCUT2D eigenvalue weighted by Gasteiger charge is -2.57. The molecule has 2 aliphatic carbocycles. The summed E-state index contributed by atoms with van der Waals surface area (Å²) in [6, 6.07) is 7.09. The third kappa shape index (κ3) is 4.61. The first-order valence-corrected chi connectivity index (χ1v) is 10.7. The Hall–Kier alpha value is -2.42. The highest BCUT2D eigenvalue weighted by Crippen LogP contribution is 2.49. The predicted octanol–water partition coefficient (Wildman–Crippen LogP) is 2.06. The molecule has 0 radical (unpaired) electrons. The van der Waals surface area contributed by atoms with Crippen molar-refractivity contribution in [3.8, 4) is 5.75 Å². The molecule has 0 aromatic heterocycles. The van der Waals surface area contributed by atoms with Crippen LogP contribution in [0.25, 0.3) is 0 Å². The smallest absolute Gasteiger partial charge is 0.328 e. The molecular weight excluding hydrogens is 402 g/mol. The molecule has 2 N–H and O–H groups in total. The van der Waals surface area contributed by atoms with Crippen molar-refractivity contribution in [1.82, 2.24) is 4.90 Å². The Morgan fingerprint density at radius 3 is 2.65 bits per heavy atom. The fourth-order valence-corrected chi connectivity index (χ4v) is 5.13. The van der Waals surface area contributed by atoms with Crippen LogP contribution >= 0.6 is 0 Å². The van der Waals surface area contributed by atoms with E-state index in [1.54, 1.807) is 7.11 Å². The van der Waals surface area contributed by atoms with Crippen molar-refractivity contribution < 1.29 is 34.0 Å². The molecule has 5 rings (SSSR count). The van der Waals surface area contributed by atoms with Gasteiger partial charge in [-0.2, -0.15) is 0 Å². The second-order valence-corrected chi connectivity index (χ2v) is 8.70. The molecule has 31 heavy (non-hydrogen) atoms. The number of piperidine rings is 1. The molecule has 0 unspecified atom stereocenters. The van der Waals surface area contributed by atoms with Crippen LogP contribution in [0.5, 0.6) is 5.75 Å². The van der Waals surface area contributed by atoms with Gasteiger partial charge in [0.05, 0.1) is 19.8 Å². The fraction of sp³-hybridized carbons (Fsp3) is 0.565. The molecular formula is C23H29NO7. The van der Waals surface area contributed by atoms with Gasteiger partial charge in [0, 0.05) is 30.2 Å². The third-order valence-electron chi connectivity index (χ3n) is 6.74. The minimum Gasteiger partial charge on any atom is -0.497 e. The van der Waals surface area contributed by atoms with Crippen LogP contribution in [0.3, 0.4) is 0 Å². The van der Waals surface area contributed by atoms with E-state index in [1.165, 1.54) is 37.1 Å². The van der Waals surface area contributed by atoms with Crippen molar-refractivity contribution >= 4 is 11.9 Å². The van der Waals surface area contributed by atoms with Crippen LogP contribution in [0.4, 0.5) is 0 Å². The normalized spacial score (nSPS) is 29.3. The summed E-state index contributed by atoms with van der Waals surface area (Å²) in [6.07, 6.45) is 6.43. The predicted molar refractivity (Wildman–Crippen MR) is 111 cm³/mol. The number of fused-ring (bicyclic) bond motifs is 1. The molecule has 0 spiro atoms. The van der Waals surface area contributed by atoms with E-state index in [-0.39, 0.29) is 11.5 Å². The SMILES string of the molecule is COc1ccc2c(c1)[C@]13CCN(CC4CC4)[C@H](C2)[C@@H]1OCOC3.O=C(O)/C=C/C(=O)O. The number of ether oxygens (including phenoxy) is 3. The summed E-state index contributed by atoms with van der Waals surface area (Å²) in [5.41, 5.74) is 2.89. The average Bonchev–Trinajstić information content (AvgIpc) is 3.58. The minimum atomic E-state index is -1.26. The first kappa shape index (κ1) is 21.8. The Labute approximate surface area is 181 Å². The summed E-state index contributed by atoms with van der Waals surface area (Å²) < 4.78 is 17.5. The summed E-state index contributed by atoms with van der Waals surface area (Å²) >= 11 is 0. The maximum absolute atomic E-state index is 9.55. The van der Waals surface area contributed by atoms with E-state index in [0.29, 0.717) is 25.0 Å². The highest BCUT2D eigenvalue weighted by molar-refractivity contribution is 5.89. The molecule has 3 atom stereocenters. The molecule has 1 saturated carbocycles. The molecule has 1 aromatic rings. The second kappa shape index (κ2) is 8.98. The lowest BCUT2D eigenvalue weighted by atomic mass is 9.61. The molecule has 3 fully saturated rings. The zero-order valence-electron chi connectivity index (χ0n) is 17.7. The zero-order valence-corrected chi connectivity index (χ0v) is 17.7. The van der Waals surface area contributed by atoms with E-state index in [9.17, 15) is 9.59 Å². The van der Waals surface area contributed by atoms with Gasteiger partial charge in [-0.05, 0) is 61.4 Å². The van der Waals surface area contributed by atoms with Crippen LogP contribution in [0.15, 0.2) is 30.4 Å². The number of benzene rings is 1. The fourth-order valence-electron chi connectivity index (χ4n) is 5.13. The summed E-state index contributed by atoms with van der Waals surface area (Å²) in [5, 5.41) is 15.6. The van der Waals surface area contributed by atoms with Crippen molar-refractivity contribution in [3.05, 3.63) is 41.5 Å². The number of hydrogen-bond acceptors (Lipinski definition) is 6. The van der Waals surface area contributed by atoms with E-state index < -0.39 is 11.9 Å². The van der Waals surface area contributed by atoms with Gasteiger partial charge in [0.25, 0.3) is 0 Å². The van der Waals surface area contributed by atoms with Gasteiger partial charge < -0.3 is 24.4 Å². The van der Waals surface area contributed by atoms with Crippen LogP contribution in [-0.4, -0.2) is 72.8 Å². The molecule has 1 aromatic carbocycles. The third-order valence-corrected chi connectivity index (χ3v) is 6.74. The molecule has 2 saturated heterocycles. The van der Waals surface area contributed by atoms with Gasteiger partial charge in [0.2, 0.25) is 0 Å². The zero-order chi connectivity index (χ0) is 22.0. The standard InChI is InChI=1S/C19H25NO3.C4H4O4/c1-21-15-5-4-14-8-17-18-19(16(14)9-15,11-22-12-23-18)6-7-20(17)10-13-2-3-13;5-3(6)1-2-4(7)8/h4-5,9,13,17-18H,2-3,6-8,10-12H2,1H3;1-2H,(H,5,6)(H,7,8)/b;2-1+/t17-,18+,19-;/m1./s1. The Bertz CT molecular complexity index is 849. The van der Waals surface area contributed by atoms with Crippen LogP contribution in [0.2, 0.25) is 0 Å². The Morgan fingerprint density at radius 1 is 1.26 bits per heavy atom. The Balaban J connectivity index is 0.000000250. The van der Waals surface area contributed by atoms with Crippen molar-refractivity contribution in [2.24, 2.45) is 5.92 Å². The average molecular weight is 431 g/mol.